The van der Waals surface area contributed by atoms with Gasteiger partial charge < -0.3 is 0 Å². The zero-order valence-electron chi connectivity index (χ0n) is 8.47. The van der Waals surface area contributed by atoms with E-state index in [2.05, 4.69) is 21.1 Å². The van der Waals surface area contributed by atoms with Crippen LogP contribution in [0.3, 0.4) is 0 Å². The van der Waals surface area contributed by atoms with E-state index in [1.165, 1.54) is 17.3 Å². The number of rotatable bonds is 1. The van der Waals surface area contributed by atoms with Crippen molar-refractivity contribution in [2.45, 2.75) is 13.8 Å². The van der Waals surface area contributed by atoms with Gasteiger partial charge in [-0.2, -0.15) is 10.4 Å². The number of nitrogens with zero attached hydrogens (tertiary/aromatic N) is 5. The van der Waals surface area contributed by atoms with E-state index >= 15 is 0 Å². The molecule has 0 fully saturated rings. The second-order valence-corrected chi connectivity index (χ2v) is 3.23. The van der Waals surface area contributed by atoms with Crippen molar-refractivity contribution in [2.24, 2.45) is 0 Å². The predicted molar refractivity (Wildman–Crippen MR) is 53.3 cm³/mol. The number of hydrogen-bond donors (Lipinski definition) is 0. The van der Waals surface area contributed by atoms with Crippen LogP contribution >= 0.6 is 0 Å². The Balaban J connectivity index is 2.71. The van der Waals surface area contributed by atoms with Gasteiger partial charge in [0.25, 0.3) is 0 Å². The van der Waals surface area contributed by atoms with Crippen LogP contribution in [0.5, 0.6) is 0 Å². The Hall–Kier alpha value is -2.22. The van der Waals surface area contributed by atoms with Crippen molar-refractivity contribution >= 4 is 0 Å². The van der Waals surface area contributed by atoms with Gasteiger partial charge in [0.2, 0.25) is 0 Å². The van der Waals surface area contributed by atoms with Gasteiger partial charge in [-0.15, -0.1) is 0 Å². The van der Waals surface area contributed by atoms with Crippen LogP contribution in [0, 0.1) is 25.2 Å². The molecule has 0 atom stereocenters. The molecule has 2 aromatic heterocycles. The van der Waals surface area contributed by atoms with Crippen molar-refractivity contribution in [3.8, 4) is 11.9 Å². The van der Waals surface area contributed by atoms with Gasteiger partial charge in [-0.05, 0) is 25.5 Å². The topological polar surface area (TPSA) is 67.4 Å². The zero-order chi connectivity index (χ0) is 10.8. The largest absolute Gasteiger partial charge is 0.233 e. The summed E-state index contributed by atoms with van der Waals surface area (Å²) >= 11 is 0. The van der Waals surface area contributed by atoms with Crippen LogP contribution in [-0.2, 0) is 0 Å². The van der Waals surface area contributed by atoms with Crippen LogP contribution in [0.15, 0.2) is 18.7 Å². The standard InChI is InChI=1S/C10H9N5/c1-7-3-8(2)14-10(9(7)4-11)15-6-12-5-13-15/h3,5-6H,1-2H3. The van der Waals surface area contributed by atoms with Crippen molar-refractivity contribution in [3.63, 3.8) is 0 Å². The third-order valence-corrected chi connectivity index (χ3v) is 2.07. The Labute approximate surface area is 87.0 Å². The highest BCUT2D eigenvalue weighted by molar-refractivity contribution is 5.48. The van der Waals surface area contributed by atoms with Crippen LogP contribution in [-0.4, -0.2) is 19.7 Å². The molecule has 0 aliphatic carbocycles. The first-order valence-electron chi connectivity index (χ1n) is 4.45. The normalized spacial score (nSPS) is 9.93. The van der Waals surface area contributed by atoms with E-state index < -0.39 is 0 Å². The van der Waals surface area contributed by atoms with Gasteiger partial charge in [-0.25, -0.2) is 14.6 Å². The SMILES string of the molecule is Cc1cc(C)c(C#N)c(-n2cncn2)n1. The first-order valence-corrected chi connectivity index (χ1v) is 4.45. The van der Waals surface area contributed by atoms with Crippen LogP contribution in [0.25, 0.3) is 5.82 Å². The fourth-order valence-electron chi connectivity index (χ4n) is 1.44. The molecule has 0 amide bonds. The minimum Gasteiger partial charge on any atom is -0.233 e. The summed E-state index contributed by atoms with van der Waals surface area (Å²) in [5.74, 6) is 0.535. The summed E-state index contributed by atoms with van der Waals surface area (Å²) in [6.45, 7) is 3.77. The number of nitriles is 1. The summed E-state index contributed by atoms with van der Waals surface area (Å²) < 4.78 is 1.50. The molecular weight excluding hydrogens is 190 g/mol. The maximum atomic E-state index is 9.04. The molecule has 5 heteroatoms. The number of hydrogen-bond acceptors (Lipinski definition) is 4. The van der Waals surface area contributed by atoms with Gasteiger partial charge in [0, 0.05) is 5.69 Å². The second-order valence-electron chi connectivity index (χ2n) is 3.23. The van der Waals surface area contributed by atoms with E-state index in [-0.39, 0.29) is 0 Å². The van der Waals surface area contributed by atoms with Crippen LogP contribution in [0.4, 0.5) is 0 Å². The van der Waals surface area contributed by atoms with Crippen molar-refractivity contribution in [2.75, 3.05) is 0 Å². The van der Waals surface area contributed by atoms with Gasteiger partial charge in [0.05, 0.1) is 5.56 Å². The Kier molecular flexibility index (Phi) is 2.18. The molecule has 0 spiro atoms. The third-order valence-electron chi connectivity index (χ3n) is 2.07. The third kappa shape index (κ3) is 1.57. The van der Waals surface area contributed by atoms with Gasteiger partial charge in [-0.1, -0.05) is 0 Å². The second kappa shape index (κ2) is 3.50. The van der Waals surface area contributed by atoms with Crippen molar-refractivity contribution in [1.29, 1.82) is 5.26 Å². The minimum absolute atomic E-state index is 0.533. The van der Waals surface area contributed by atoms with E-state index in [1.807, 2.05) is 19.9 Å². The molecule has 0 N–H and O–H groups in total. The fraction of sp³-hybridized carbons (Fsp3) is 0.200. The molecular formula is C10H9N5. The lowest BCUT2D eigenvalue weighted by atomic mass is 10.1. The highest BCUT2D eigenvalue weighted by atomic mass is 15.3. The molecule has 2 heterocycles. The highest BCUT2D eigenvalue weighted by Gasteiger charge is 2.10. The summed E-state index contributed by atoms with van der Waals surface area (Å²) in [5.41, 5.74) is 2.29. The van der Waals surface area contributed by atoms with Crippen LogP contribution < -0.4 is 0 Å². The van der Waals surface area contributed by atoms with Crippen molar-refractivity contribution in [3.05, 3.63) is 35.5 Å². The molecule has 0 aliphatic heterocycles. The van der Waals surface area contributed by atoms with Crippen molar-refractivity contribution in [1.82, 2.24) is 19.7 Å². The Bertz CT molecular complexity index is 521. The first kappa shape index (κ1) is 9.34. The quantitative estimate of drug-likeness (QED) is 0.691. The monoisotopic (exact) mass is 199 g/mol. The average molecular weight is 199 g/mol. The Morgan fingerprint density at radius 2 is 2.20 bits per heavy atom. The molecule has 0 saturated heterocycles. The molecule has 5 nitrogen and oxygen atoms in total. The van der Waals surface area contributed by atoms with Gasteiger partial charge in [0.1, 0.15) is 18.7 Å². The first-order chi connectivity index (χ1) is 7.22. The lowest BCUT2D eigenvalue weighted by Crippen LogP contribution is -2.04. The summed E-state index contributed by atoms with van der Waals surface area (Å²) in [4.78, 5) is 8.12. The molecule has 15 heavy (non-hydrogen) atoms. The van der Waals surface area contributed by atoms with E-state index in [0.717, 1.165) is 11.3 Å². The minimum atomic E-state index is 0.533. The Morgan fingerprint density at radius 3 is 2.80 bits per heavy atom. The van der Waals surface area contributed by atoms with Gasteiger partial charge in [0.15, 0.2) is 5.82 Å². The van der Waals surface area contributed by atoms with Gasteiger partial charge in [-0.3, -0.25) is 0 Å². The van der Waals surface area contributed by atoms with E-state index in [9.17, 15) is 0 Å². The van der Waals surface area contributed by atoms with Gasteiger partial charge >= 0.3 is 0 Å². The molecule has 0 radical (unpaired) electrons. The summed E-state index contributed by atoms with van der Waals surface area (Å²) in [6.07, 6.45) is 2.95. The van der Waals surface area contributed by atoms with Crippen molar-refractivity contribution < 1.29 is 0 Å². The smallest absolute Gasteiger partial charge is 0.173 e. The lowest BCUT2D eigenvalue weighted by molar-refractivity contribution is 0.833. The Morgan fingerprint density at radius 1 is 1.40 bits per heavy atom. The van der Waals surface area contributed by atoms with E-state index in [0.29, 0.717) is 11.4 Å². The maximum absolute atomic E-state index is 9.04. The van der Waals surface area contributed by atoms with Crippen LogP contribution in [0.1, 0.15) is 16.8 Å². The zero-order valence-corrected chi connectivity index (χ0v) is 8.47. The molecule has 2 rings (SSSR count). The molecule has 2 aromatic rings. The number of aromatic nitrogens is 4. The molecule has 0 unspecified atom stereocenters. The molecule has 0 aliphatic rings. The lowest BCUT2D eigenvalue weighted by Gasteiger charge is -2.06. The summed E-state index contributed by atoms with van der Waals surface area (Å²) in [6, 6.07) is 4.00. The molecule has 0 aromatic carbocycles. The van der Waals surface area contributed by atoms with Crippen LogP contribution in [0.2, 0.25) is 0 Å². The molecule has 0 saturated carbocycles. The van der Waals surface area contributed by atoms with E-state index in [1.54, 1.807) is 0 Å². The highest BCUT2D eigenvalue weighted by Crippen LogP contribution is 2.15. The number of aryl methyl sites for hydroxylation is 2. The fourth-order valence-corrected chi connectivity index (χ4v) is 1.44. The maximum Gasteiger partial charge on any atom is 0.173 e. The number of pyridine rings is 1. The summed E-state index contributed by atoms with van der Waals surface area (Å²) in [7, 11) is 0. The molecule has 0 bridgehead atoms. The average Bonchev–Trinajstić information content (AvgIpc) is 2.69. The van der Waals surface area contributed by atoms with E-state index in [4.69, 9.17) is 5.26 Å². The predicted octanol–water partition coefficient (Wildman–Crippen LogP) is 1.15. The molecule has 74 valence electrons. The summed E-state index contributed by atoms with van der Waals surface area (Å²) in [5, 5.41) is 13.0.